The van der Waals surface area contributed by atoms with E-state index in [-0.39, 0.29) is 18.4 Å². The SMILES string of the molecule is CC1C[C@H]2[C@@H]3CC(F)C4=CC(=O)C=C[C@]4(C)C3(F)C(O)C[C@]2(C)C1(OC(=O)C1(C)CCC1)C(=O)S. The van der Waals surface area contributed by atoms with Crippen molar-refractivity contribution in [3.63, 3.8) is 0 Å². The van der Waals surface area contributed by atoms with Crippen LogP contribution in [0.5, 0.6) is 0 Å². The lowest BCUT2D eigenvalue weighted by Gasteiger charge is -2.63. The molecule has 5 nitrogen and oxygen atoms in total. The van der Waals surface area contributed by atoms with Crippen molar-refractivity contribution in [2.24, 2.45) is 34.0 Å². The summed E-state index contributed by atoms with van der Waals surface area (Å²) < 4.78 is 39.0. The van der Waals surface area contributed by atoms with Crippen molar-refractivity contribution in [2.45, 2.75) is 89.8 Å². The third-order valence-corrected chi connectivity index (χ3v) is 11.0. The van der Waals surface area contributed by atoms with Gasteiger partial charge in [0.05, 0.1) is 11.5 Å². The van der Waals surface area contributed by atoms with Gasteiger partial charge in [0.1, 0.15) is 6.17 Å². The topological polar surface area (TPSA) is 80.7 Å². The van der Waals surface area contributed by atoms with Gasteiger partial charge in [-0.2, -0.15) is 0 Å². The van der Waals surface area contributed by atoms with Crippen LogP contribution in [-0.2, 0) is 19.1 Å². The zero-order valence-corrected chi connectivity index (χ0v) is 21.5. The molecule has 5 aliphatic rings. The Bertz CT molecular complexity index is 1070. The van der Waals surface area contributed by atoms with E-state index in [1.54, 1.807) is 20.8 Å². The number of aliphatic hydroxyl groups is 1. The van der Waals surface area contributed by atoms with Crippen molar-refractivity contribution in [3.8, 4) is 0 Å². The molecule has 5 rings (SSSR count). The molecule has 0 aromatic rings. The number of halogens is 2. The molecule has 192 valence electrons. The number of ketones is 1. The zero-order valence-electron chi connectivity index (χ0n) is 20.6. The Kier molecular flexibility index (Phi) is 5.38. The van der Waals surface area contributed by atoms with Crippen LogP contribution in [0.4, 0.5) is 8.78 Å². The molecule has 0 radical (unpaired) electrons. The van der Waals surface area contributed by atoms with Gasteiger partial charge in [-0.1, -0.05) is 26.3 Å². The summed E-state index contributed by atoms with van der Waals surface area (Å²) in [6.45, 7) is 6.91. The molecule has 0 amide bonds. The molecule has 9 atom stereocenters. The maximum atomic E-state index is 17.3. The van der Waals surface area contributed by atoms with E-state index in [9.17, 15) is 19.5 Å². The van der Waals surface area contributed by atoms with Crippen LogP contribution < -0.4 is 0 Å². The first-order valence-corrected chi connectivity index (χ1v) is 13.1. The Balaban J connectivity index is 1.61. The largest absolute Gasteiger partial charge is 0.449 e. The fourth-order valence-electron chi connectivity index (χ4n) is 8.42. The van der Waals surface area contributed by atoms with E-state index in [1.807, 2.05) is 6.92 Å². The minimum Gasteiger partial charge on any atom is -0.449 e. The molecule has 8 heteroatoms. The number of fused-ring (bicyclic) bond motifs is 5. The molecule has 0 aromatic heterocycles. The highest BCUT2D eigenvalue weighted by Crippen LogP contribution is 2.72. The average Bonchev–Trinajstić information content (AvgIpc) is 2.97. The summed E-state index contributed by atoms with van der Waals surface area (Å²) in [5.41, 5.74) is -7.16. The van der Waals surface area contributed by atoms with Crippen molar-refractivity contribution in [3.05, 3.63) is 23.8 Å². The summed E-state index contributed by atoms with van der Waals surface area (Å²) in [6, 6.07) is 0. The number of rotatable bonds is 3. The number of alkyl halides is 2. The van der Waals surface area contributed by atoms with Gasteiger partial charge >= 0.3 is 5.97 Å². The normalized spacial score (nSPS) is 49.8. The van der Waals surface area contributed by atoms with E-state index in [0.29, 0.717) is 19.3 Å². The molecule has 0 heterocycles. The molecular formula is C27H34F2O5S. The van der Waals surface area contributed by atoms with E-state index in [0.717, 1.165) is 12.5 Å². The molecule has 0 aliphatic heterocycles. The number of hydrogen-bond donors (Lipinski definition) is 2. The van der Waals surface area contributed by atoms with Crippen molar-refractivity contribution in [2.75, 3.05) is 0 Å². The summed E-state index contributed by atoms with van der Waals surface area (Å²) in [5.74, 6) is -2.84. The monoisotopic (exact) mass is 508 g/mol. The predicted octanol–water partition coefficient (Wildman–Crippen LogP) is 4.48. The molecule has 5 unspecified atom stereocenters. The van der Waals surface area contributed by atoms with Gasteiger partial charge in [-0.05, 0) is 69.6 Å². The Hall–Kier alpha value is -1.54. The Morgan fingerprint density at radius 3 is 2.40 bits per heavy atom. The maximum absolute atomic E-state index is 17.3. The fraction of sp³-hybridized carbons (Fsp3) is 0.741. The molecule has 1 N–H and O–H groups in total. The molecule has 4 saturated carbocycles. The van der Waals surface area contributed by atoms with Crippen LogP contribution in [0.2, 0.25) is 0 Å². The highest BCUT2D eigenvalue weighted by atomic mass is 32.1. The first kappa shape index (κ1) is 25.1. The lowest BCUT2D eigenvalue weighted by Crippen LogP contribution is -2.70. The van der Waals surface area contributed by atoms with Gasteiger partial charge < -0.3 is 9.84 Å². The van der Waals surface area contributed by atoms with Crippen molar-refractivity contribution >= 4 is 29.5 Å². The standard InChI is InChI=1S/C27H34F2O5S/c1-14-10-16-17-12-19(28)18-11-15(30)6-9-24(18,3)26(17,29)20(31)13-25(16,4)27(14,22(33)35)34-21(32)23(2)7-5-8-23/h6,9,11,14,16-17,19-20,31H,5,7-8,10,12-13H2,1-4H3,(H,33,35)/t14?,16-,17-,19?,20?,24-,25-,26?,27?/m0/s1. The van der Waals surface area contributed by atoms with Gasteiger partial charge in [-0.3, -0.25) is 14.4 Å². The van der Waals surface area contributed by atoms with Crippen LogP contribution in [0.25, 0.3) is 0 Å². The van der Waals surface area contributed by atoms with Crippen molar-refractivity contribution in [1.82, 2.24) is 0 Å². The first-order chi connectivity index (χ1) is 16.2. The molecule has 0 spiro atoms. The number of hydrogen-bond acceptors (Lipinski definition) is 5. The predicted molar refractivity (Wildman–Crippen MR) is 128 cm³/mol. The fourth-order valence-corrected chi connectivity index (χ4v) is 8.94. The van der Waals surface area contributed by atoms with Crippen molar-refractivity contribution < 1.29 is 33.0 Å². The van der Waals surface area contributed by atoms with Gasteiger partial charge in [-0.15, -0.1) is 12.6 Å². The van der Waals surface area contributed by atoms with Crippen LogP contribution >= 0.6 is 12.6 Å². The second kappa shape index (κ2) is 7.50. The van der Waals surface area contributed by atoms with E-state index in [1.165, 1.54) is 12.2 Å². The third kappa shape index (κ3) is 2.87. The summed E-state index contributed by atoms with van der Waals surface area (Å²) >= 11 is 4.19. The molecule has 0 aromatic carbocycles. The minimum absolute atomic E-state index is 0.0540. The number of carbonyl (C=O) groups excluding carboxylic acids is 3. The molecular weight excluding hydrogens is 474 g/mol. The van der Waals surface area contributed by atoms with Crippen LogP contribution in [0.3, 0.4) is 0 Å². The quantitative estimate of drug-likeness (QED) is 0.434. The van der Waals surface area contributed by atoms with Crippen LogP contribution in [0.15, 0.2) is 23.8 Å². The number of ether oxygens (including phenoxy) is 1. The first-order valence-electron chi connectivity index (χ1n) is 12.6. The molecule has 4 fully saturated rings. The number of carbonyl (C=O) groups is 3. The van der Waals surface area contributed by atoms with Gasteiger partial charge in [-0.25, -0.2) is 8.78 Å². The number of esters is 1. The van der Waals surface area contributed by atoms with Gasteiger partial charge in [0.25, 0.3) is 0 Å². The third-order valence-electron chi connectivity index (χ3n) is 10.7. The van der Waals surface area contributed by atoms with Crippen molar-refractivity contribution in [1.29, 1.82) is 0 Å². The number of aliphatic hydroxyl groups excluding tert-OH is 1. The van der Waals surface area contributed by atoms with Gasteiger partial charge in [0.15, 0.2) is 17.1 Å². The van der Waals surface area contributed by atoms with Crippen LogP contribution in [0, 0.1) is 34.0 Å². The van der Waals surface area contributed by atoms with Crippen LogP contribution in [-0.4, -0.2) is 45.5 Å². The van der Waals surface area contributed by atoms with E-state index >= 15 is 8.78 Å². The Labute approximate surface area is 210 Å². The molecule has 0 saturated heterocycles. The summed E-state index contributed by atoms with van der Waals surface area (Å²) in [7, 11) is 0. The molecule has 0 bridgehead atoms. The highest BCUT2D eigenvalue weighted by Gasteiger charge is 2.78. The average molecular weight is 509 g/mol. The Morgan fingerprint density at radius 1 is 1.17 bits per heavy atom. The minimum atomic E-state index is -2.25. The lowest BCUT2D eigenvalue weighted by atomic mass is 9.44. The zero-order chi connectivity index (χ0) is 25.8. The molecule has 5 aliphatic carbocycles. The maximum Gasteiger partial charge on any atom is 0.312 e. The summed E-state index contributed by atoms with van der Waals surface area (Å²) in [4.78, 5) is 38.5. The van der Waals surface area contributed by atoms with Gasteiger partial charge in [0.2, 0.25) is 5.12 Å². The van der Waals surface area contributed by atoms with Gasteiger partial charge in [0, 0.05) is 22.7 Å². The summed E-state index contributed by atoms with van der Waals surface area (Å²) in [6.07, 6.45) is 2.85. The highest BCUT2D eigenvalue weighted by molar-refractivity contribution is 7.96. The number of thiol groups is 1. The summed E-state index contributed by atoms with van der Waals surface area (Å²) in [5, 5.41) is 10.8. The van der Waals surface area contributed by atoms with E-state index in [2.05, 4.69) is 12.6 Å². The lowest BCUT2D eigenvalue weighted by molar-refractivity contribution is -0.232. The van der Waals surface area contributed by atoms with Crippen LogP contribution in [0.1, 0.15) is 66.2 Å². The second-order valence-electron chi connectivity index (χ2n) is 12.3. The van der Waals surface area contributed by atoms with E-state index < -0.39 is 74.4 Å². The molecule has 35 heavy (non-hydrogen) atoms. The van der Waals surface area contributed by atoms with E-state index in [4.69, 9.17) is 4.74 Å². The number of allylic oxidation sites excluding steroid dienone is 4. The Morgan fingerprint density at radius 2 is 1.83 bits per heavy atom. The smallest absolute Gasteiger partial charge is 0.312 e. The second-order valence-corrected chi connectivity index (χ2v) is 12.7.